The summed E-state index contributed by atoms with van der Waals surface area (Å²) in [6.45, 7) is 11.1. The summed E-state index contributed by atoms with van der Waals surface area (Å²) in [4.78, 5) is 0. The van der Waals surface area contributed by atoms with Gasteiger partial charge in [0.25, 0.3) is 0 Å². The smallest absolute Gasteiger partial charge is 0.194 e. The van der Waals surface area contributed by atoms with Gasteiger partial charge in [-0.2, -0.15) is 0 Å². The monoisotopic (exact) mass is 285 g/mol. The second kappa shape index (κ2) is 5.74. The first-order chi connectivity index (χ1) is 8.12. The van der Waals surface area contributed by atoms with E-state index >= 15 is 0 Å². The Morgan fingerprint density at radius 1 is 1.33 bits per heavy atom. The molecule has 0 bridgehead atoms. The highest BCUT2D eigenvalue weighted by molar-refractivity contribution is 6.74. The molecule has 4 heteroatoms. The maximum Gasteiger partial charge on any atom is 0.194 e. The summed E-state index contributed by atoms with van der Waals surface area (Å²) in [5.41, 5.74) is 7.23. The zero-order valence-corrected chi connectivity index (χ0v) is 13.7. The molecule has 1 aromatic rings. The van der Waals surface area contributed by atoms with Crippen LogP contribution in [-0.4, -0.2) is 14.5 Å². The lowest BCUT2D eigenvalue weighted by molar-refractivity contribution is 0.188. The molecule has 0 heterocycles. The lowest BCUT2D eigenvalue weighted by Crippen LogP contribution is -2.47. The van der Waals surface area contributed by atoms with E-state index in [9.17, 15) is 0 Å². The number of hydrogen-bond donors (Lipinski definition) is 1. The summed E-state index contributed by atoms with van der Waals surface area (Å²) in [5, 5.41) is 0.922. The molecule has 2 N–H and O–H groups in total. The van der Waals surface area contributed by atoms with E-state index in [0.29, 0.717) is 6.42 Å². The van der Waals surface area contributed by atoms with Crippen LogP contribution in [0.15, 0.2) is 24.3 Å². The van der Waals surface area contributed by atoms with Gasteiger partial charge in [-0.1, -0.05) is 44.5 Å². The van der Waals surface area contributed by atoms with Crippen LogP contribution in [0.5, 0.6) is 0 Å². The fourth-order valence-corrected chi connectivity index (χ4v) is 2.90. The minimum atomic E-state index is -1.79. The Hall–Kier alpha value is -0.353. The average molecular weight is 286 g/mol. The van der Waals surface area contributed by atoms with Gasteiger partial charge in [-0.3, -0.25) is 0 Å². The molecule has 0 aliphatic carbocycles. The third-order valence-corrected chi connectivity index (χ3v) is 8.32. The Morgan fingerprint density at radius 3 is 2.44 bits per heavy atom. The third kappa shape index (κ3) is 4.39. The van der Waals surface area contributed by atoms with Crippen molar-refractivity contribution in [3.63, 3.8) is 0 Å². The van der Waals surface area contributed by atoms with Crippen LogP contribution in [-0.2, 0) is 10.8 Å². The molecule has 0 spiro atoms. The number of benzene rings is 1. The predicted molar refractivity (Wildman–Crippen MR) is 81.4 cm³/mol. The first-order valence-corrected chi connectivity index (χ1v) is 9.58. The Labute approximate surface area is 117 Å². The van der Waals surface area contributed by atoms with Crippen molar-refractivity contribution in [2.45, 2.75) is 51.6 Å². The number of hydrogen-bond acceptors (Lipinski definition) is 2. The van der Waals surface area contributed by atoms with Crippen LogP contribution >= 0.6 is 11.6 Å². The van der Waals surface area contributed by atoms with Crippen molar-refractivity contribution in [1.29, 1.82) is 0 Å². The highest BCUT2D eigenvalue weighted by Gasteiger charge is 2.38. The van der Waals surface area contributed by atoms with Gasteiger partial charge in [0.2, 0.25) is 0 Å². The average Bonchev–Trinajstić information content (AvgIpc) is 2.14. The largest absolute Gasteiger partial charge is 0.402 e. The lowest BCUT2D eigenvalue weighted by atomic mass is 10.1. The summed E-state index contributed by atoms with van der Waals surface area (Å²) in [6, 6.07) is 7.78. The molecule has 0 aliphatic rings. The molecule has 0 radical (unpaired) electrons. The molecule has 1 atom stereocenters. The fraction of sp³-hybridized carbons (Fsp3) is 0.571. The highest BCUT2D eigenvalue weighted by atomic mass is 35.5. The van der Waals surface area contributed by atoms with Gasteiger partial charge < -0.3 is 10.2 Å². The van der Waals surface area contributed by atoms with Gasteiger partial charge >= 0.3 is 0 Å². The first kappa shape index (κ1) is 15.7. The lowest BCUT2D eigenvalue weighted by Gasteiger charge is -2.38. The Balaban J connectivity index is 2.65. The molecule has 0 saturated carbocycles. The molecule has 102 valence electrons. The van der Waals surface area contributed by atoms with E-state index in [4.69, 9.17) is 21.8 Å². The molecule has 0 unspecified atom stereocenters. The molecule has 2 nitrogen and oxygen atoms in total. The van der Waals surface area contributed by atoms with E-state index in [1.807, 2.05) is 24.3 Å². The van der Waals surface area contributed by atoms with E-state index in [-0.39, 0.29) is 11.3 Å². The van der Waals surface area contributed by atoms with Crippen molar-refractivity contribution in [2.24, 2.45) is 5.73 Å². The molecule has 1 rings (SSSR count). The van der Waals surface area contributed by atoms with Crippen molar-refractivity contribution < 1.29 is 4.43 Å². The summed E-state index contributed by atoms with van der Waals surface area (Å²) in [6.07, 6.45) is 0.442. The molecule has 0 fully saturated rings. The molecule has 0 aromatic heterocycles. The van der Waals surface area contributed by atoms with Crippen molar-refractivity contribution in [3.8, 4) is 0 Å². The van der Waals surface area contributed by atoms with Crippen LogP contribution in [0, 0.1) is 0 Å². The van der Waals surface area contributed by atoms with Gasteiger partial charge in [0, 0.05) is 11.4 Å². The molecule has 1 aromatic carbocycles. The number of rotatable bonds is 4. The van der Waals surface area contributed by atoms with Crippen LogP contribution in [0.1, 0.15) is 26.3 Å². The Morgan fingerprint density at radius 2 is 1.94 bits per heavy atom. The number of halogens is 1. The van der Waals surface area contributed by atoms with E-state index < -0.39 is 8.32 Å². The fourth-order valence-electron chi connectivity index (χ4n) is 1.49. The van der Waals surface area contributed by atoms with Crippen LogP contribution in [0.4, 0.5) is 0 Å². The molecular weight excluding hydrogens is 262 g/mol. The standard InChI is InChI=1S/C14H24ClNOSi/c1-14(2,3)18(4,5)17-13(16)10-11-7-6-8-12(15)9-11/h6-9,13H,10,16H2,1-5H3/t13-/m0/s1. The van der Waals surface area contributed by atoms with Crippen molar-refractivity contribution in [2.75, 3.05) is 0 Å². The van der Waals surface area contributed by atoms with Gasteiger partial charge in [0.1, 0.15) is 0 Å². The summed E-state index contributed by atoms with van der Waals surface area (Å²) in [5.74, 6) is 0. The maximum absolute atomic E-state index is 6.12. The minimum Gasteiger partial charge on any atom is -0.402 e. The van der Waals surface area contributed by atoms with Crippen LogP contribution in [0.3, 0.4) is 0 Å². The van der Waals surface area contributed by atoms with Crippen LogP contribution in [0.25, 0.3) is 0 Å². The Kier molecular flexibility index (Phi) is 5.01. The van der Waals surface area contributed by atoms with E-state index in [0.717, 1.165) is 10.6 Å². The Bertz CT molecular complexity index is 401. The molecule has 18 heavy (non-hydrogen) atoms. The van der Waals surface area contributed by atoms with E-state index in [2.05, 4.69) is 33.9 Å². The van der Waals surface area contributed by atoms with Gasteiger partial charge in [-0.05, 0) is 35.8 Å². The van der Waals surface area contributed by atoms with Crippen molar-refractivity contribution >= 4 is 19.9 Å². The van der Waals surface area contributed by atoms with E-state index in [1.165, 1.54) is 0 Å². The van der Waals surface area contributed by atoms with Gasteiger partial charge in [-0.25, -0.2) is 0 Å². The quantitative estimate of drug-likeness (QED) is 0.665. The number of nitrogens with two attached hydrogens (primary N) is 1. The second-order valence-electron chi connectivity index (χ2n) is 6.25. The molecule has 0 aliphatic heterocycles. The topological polar surface area (TPSA) is 35.2 Å². The zero-order valence-electron chi connectivity index (χ0n) is 12.0. The highest BCUT2D eigenvalue weighted by Crippen LogP contribution is 2.37. The normalized spacial score (nSPS) is 14.6. The third-order valence-electron chi connectivity index (χ3n) is 3.58. The SMILES string of the molecule is CC(C)(C)[Si](C)(C)O[C@H](N)Cc1cccc(Cl)c1. The molecule has 0 saturated heterocycles. The van der Waals surface area contributed by atoms with Crippen LogP contribution < -0.4 is 5.73 Å². The van der Waals surface area contributed by atoms with Gasteiger partial charge in [-0.15, -0.1) is 0 Å². The summed E-state index contributed by atoms with van der Waals surface area (Å²) >= 11 is 5.96. The summed E-state index contributed by atoms with van der Waals surface area (Å²) in [7, 11) is -1.79. The van der Waals surface area contributed by atoms with Crippen molar-refractivity contribution in [1.82, 2.24) is 0 Å². The second-order valence-corrected chi connectivity index (χ2v) is 11.4. The molecular formula is C14H24ClNOSi. The molecule has 0 amide bonds. The first-order valence-electron chi connectivity index (χ1n) is 6.30. The van der Waals surface area contributed by atoms with Gasteiger partial charge in [0.15, 0.2) is 8.32 Å². The van der Waals surface area contributed by atoms with Crippen molar-refractivity contribution in [3.05, 3.63) is 34.9 Å². The van der Waals surface area contributed by atoms with E-state index in [1.54, 1.807) is 0 Å². The summed E-state index contributed by atoms with van der Waals surface area (Å²) < 4.78 is 6.12. The maximum atomic E-state index is 6.12. The van der Waals surface area contributed by atoms with Crippen LogP contribution in [0.2, 0.25) is 23.2 Å². The minimum absolute atomic E-state index is 0.180. The zero-order chi connectivity index (χ0) is 14.0. The predicted octanol–water partition coefficient (Wildman–Crippen LogP) is 4.19. The van der Waals surface area contributed by atoms with Gasteiger partial charge in [0.05, 0.1) is 6.23 Å².